The molecule has 1 saturated carbocycles. The van der Waals surface area contributed by atoms with Gasteiger partial charge < -0.3 is 39.4 Å². The SMILES string of the molecule is COc1cc(O)c2c(c1)O[C@H](C1=C[C@H]3C(=O)[C@@]4(O)OC[C@H](C3c3ccc(O)c(OC)c3)[C@@H]14)[C@@H](O)C2=O. The number of hydrogen-bond acceptors (Lipinski definition) is 10. The average molecular weight is 496 g/mol. The van der Waals surface area contributed by atoms with Gasteiger partial charge in [0.25, 0.3) is 0 Å². The van der Waals surface area contributed by atoms with Gasteiger partial charge in [0, 0.05) is 29.9 Å². The molecule has 7 rings (SSSR count). The summed E-state index contributed by atoms with van der Waals surface area (Å²) in [5, 5.41) is 42.6. The van der Waals surface area contributed by atoms with Gasteiger partial charge in [0.05, 0.1) is 26.7 Å². The highest BCUT2D eigenvalue weighted by molar-refractivity contribution is 6.06. The summed E-state index contributed by atoms with van der Waals surface area (Å²) >= 11 is 0. The van der Waals surface area contributed by atoms with Crippen molar-refractivity contribution < 1.29 is 49.0 Å². The highest BCUT2D eigenvalue weighted by atomic mass is 16.6. The molecule has 4 N–H and O–H groups in total. The normalized spacial score (nSPS) is 34.2. The van der Waals surface area contributed by atoms with E-state index in [-0.39, 0.29) is 46.8 Å². The van der Waals surface area contributed by atoms with E-state index in [4.69, 9.17) is 18.9 Å². The van der Waals surface area contributed by atoms with E-state index in [1.165, 1.54) is 32.4 Å². The minimum absolute atomic E-state index is 0.0286. The van der Waals surface area contributed by atoms with Crippen molar-refractivity contribution in [2.24, 2.45) is 17.8 Å². The Kier molecular flexibility index (Phi) is 4.88. The van der Waals surface area contributed by atoms with Crippen LogP contribution in [0.2, 0.25) is 0 Å². The maximum atomic E-state index is 13.4. The van der Waals surface area contributed by atoms with Crippen molar-refractivity contribution in [1.82, 2.24) is 0 Å². The predicted molar refractivity (Wildman–Crippen MR) is 121 cm³/mol. The van der Waals surface area contributed by atoms with E-state index in [2.05, 4.69) is 0 Å². The first kappa shape index (κ1) is 22.8. The number of carbonyl (C=O) groups excluding carboxylic acids is 2. The molecule has 2 fully saturated rings. The number of rotatable bonds is 4. The summed E-state index contributed by atoms with van der Waals surface area (Å²) in [6, 6.07) is 7.52. The maximum absolute atomic E-state index is 13.4. The van der Waals surface area contributed by atoms with Gasteiger partial charge in [0.1, 0.15) is 22.8 Å². The molecule has 2 aromatic rings. The number of benzene rings is 2. The zero-order valence-corrected chi connectivity index (χ0v) is 19.4. The number of carbonyl (C=O) groups is 2. The number of phenols is 2. The number of hydrogen-bond donors (Lipinski definition) is 4. The number of aliphatic hydroxyl groups is 2. The second kappa shape index (κ2) is 7.70. The number of aliphatic hydroxyl groups excluding tert-OH is 1. The van der Waals surface area contributed by atoms with Crippen LogP contribution in [0.5, 0.6) is 28.7 Å². The smallest absolute Gasteiger partial charge is 0.234 e. The zero-order chi connectivity index (χ0) is 25.5. The van der Waals surface area contributed by atoms with Crippen molar-refractivity contribution in [1.29, 1.82) is 0 Å². The quantitative estimate of drug-likeness (QED) is 0.456. The van der Waals surface area contributed by atoms with Crippen LogP contribution in [0.3, 0.4) is 0 Å². The molecule has 0 amide bonds. The van der Waals surface area contributed by atoms with Gasteiger partial charge in [0.15, 0.2) is 29.5 Å². The molecule has 5 aliphatic rings. The van der Waals surface area contributed by atoms with Crippen molar-refractivity contribution in [2.75, 3.05) is 20.8 Å². The predicted octanol–water partition coefficient (Wildman–Crippen LogP) is 1.29. The maximum Gasteiger partial charge on any atom is 0.234 e. The second-order valence-electron chi connectivity index (χ2n) is 9.53. The molecule has 10 heteroatoms. The van der Waals surface area contributed by atoms with Crippen molar-refractivity contribution in [3.8, 4) is 28.7 Å². The van der Waals surface area contributed by atoms with Gasteiger partial charge in [-0.1, -0.05) is 12.1 Å². The number of methoxy groups -OCH3 is 2. The zero-order valence-electron chi connectivity index (χ0n) is 19.4. The highest BCUT2D eigenvalue weighted by Gasteiger charge is 2.69. The minimum atomic E-state index is -2.11. The molecular formula is C26H24O10. The highest BCUT2D eigenvalue weighted by Crippen LogP contribution is 2.61. The molecule has 0 radical (unpaired) electrons. The monoisotopic (exact) mass is 496 g/mol. The van der Waals surface area contributed by atoms with E-state index in [1.54, 1.807) is 18.2 Å². The lowest BCUT2D eigenvalue weighted by Crippen LogP contribution is -2.60. The molecule has 2 aromatic carbocycles. The Hall–Kier alpha value is -3.60. The van der Waals surface area contributed by atoms with Crippen LogP contribution >= 0.6 is 0 Å². The van der Waals surface area contributed by atoms with E-state index in [0.717, 1.165) is 5.56 Å². The van der Waals surface area contributed by atoms with Gasteiger partial charge in [-0.05, 0) is 23.3 Å². The Balaban J connectivity index is 1.45. The molecule has 4 bridgehead atoms. The van der Waals surface area contributed by atoms with Crippen LogP contribution < -0.4 is 14.2 Å². The van der Waals surface area contributed by atoms with Gasteiger partial charge in [-0.3, -0.25) is 9.59 Å². The third kappa shape index (κ3) is 2.89. The first-order chi connectivity index (χ1) is 17.2. The Morgan fingerprint density at radius 3 is 2.56 bits per heavy atom. The molecule has 0 aromatic heterocycles. The molecule has 1 unspecified atom stereocenters. The van der Waals surface area contributed by atoms with E-state index >= 15 is 0 Å². The Morgan fingerprint density at radius 2 is 1.83 bits per heavy atom. The Morgan fingerprint density at radius 1 is 1.06 bits per heavy atom. The second-order valence-corrected chi connectivity index (χ2v) is 9.53. The summed E-state index contributed by atoms with van der Waals surface area (Å²) in [4.78, 5) is 26.4. The number of Topliss-reactive ketones (excluding diaryl/α,β-unsaturated/α-hetero) is 2. The first-order valence-electron chi connectivity index (χ1n) is 11.5. The molecule has 36 heavy (non-hydrogen) atoms. The minimum Gasteiger partial charge on any atom is -0.507 e. The summed E-state index contributed by atoms with van der Waals surface area (Å²) in [5.41, 5.74) is 0.951. The third-order valence-electron chi connectivity index (χ3n) is 7.84. The summed E-state index contributed by atoms with van der Waals surface area (Å²) in [7, 11) is 2.82. The Bertz CT molecular complexity index is 1330. The number of aromatic hydroxyl groups is 2. The fourth-order valence-corrected chi connectivity index (χ4v) is 6.27. The summed E-state index contributed by atoms with van der Waals surface area (Å²) < 4.78 is 22.1. The van der Waals surface area contributed by atoms with Crippen LogP contribution in [0, 0.1) is 17.8 Å². The van der Waals surface area contributed by atoms with E-state index in [0.29, 0.717) is 5.57 Å². The van der Waals surface area contributed by atoms with Gasteiger partial charge in [0.2, 0.25) is 11.6 Å². The molecule has 2 aliphatic heterocycles. The van der Waals surface area contributed by atoms with Gasteiger partial charge in [-0.15, -0.1) is 0 Å². The number of ketones is 2. The van der Waals surface area contributed by atoms with Crippen molar-refractivity contribution >= 4 is 11.6 Å². The van der Waals surface area contributed by atoms with Crippen LogP contribution in [-0.4, -0.2) is 70.8 Å². The standard InChI is InChI=1S/C26H24O10/c1-33-11-6-16(28)20-18(7-11)36-24(23(30)22(20)29)13-8-12-19(10-3-4-15(27)17(5-10)34-2)14-9-35-26(32,21(13)14)25(12)31/h3-8,12,14,19,21,23-24,27-28,30,32H,9H2,1-2H3/t12-,14-,19?,21-,23+,24-,26+/m1/s1. The first-order valence-corrected chi connectivity index (χ1v) is 11.5. The largest absolute Gasteiger partial charge is 0.507 e. The lowest BCUT2D eigenvalue weighted by Gasteiger charge is -2.50. The average Bonchev–Trinajstić information content (AvgIpc) is 3.19. The lowest BCUT2D eigenvalue weighted by atomic mass is 9.55. The van der Waals surface area contributed by atoms with Crippen LogP contribution in [0.15, 0.2) is 42.0 Å². The number of allylic oxidation sites excluding steroid dienone is 1. The fraction of sp³-hybridized carbons (Fsp3) is 0.385. The molecule has 0 spiro atoms. The van der Waals surface area contributed by atoms with Gasteiger partial charge in [-0.25, -0.2) is 0 Å². The van der Waals surface area contributed by atoms with Crippen LogP contribution in [0.4, 0.5) is 0 Å². The van der Waals surface area contributed by atoms with Crippen LogP contribution in [0.25, 0.3) is 0 Å². The van der Waals surface area contributed by atoms with Gasteiger partial charge >= 0.3 is 0 Å². The molecule has 10 nitrogen and oxygen atoms in total. The van der Waals surface area contributed by atoms with Crippen molar-refractivity contribution in [3.05, 3.63) is 53.1 Å². The fourth-order valence-electron chi connectivity index (χ4n) is 6.27. The van der Waals surface area contributed by atoms with Gasteiger partial charge in [-0.2, -0.15) is 0 Å². The number of ether oxygens (including phenoxy) is 4. The summed E-state index contributed by atoms with van der Waals surface area (Å²) in [5.74, 6) is -5.74. The molecular weight excluding hydrogens is 472 g/mol. The van der Waals surface area contributed by atoms with E-state index < -0.39 is 47.3 Å². The summed E-state index contributed by atoms with van der Waals surface area (Å²) in [6.45, 7) is 0.0660. The van der Waals surface area contributed by atoms with Crippen LogP contribution in [-0.2, 0) is 9.53 Å². The lowest BCUT2D eigenvalue weighted by molar-refractivity contribution is -0.206. The molecule has 7 atom stereocenters. The van der Waals surface area contributed by atoms with E-state index in [1.807, 2.05) is 0 Å². The molecule has 1 saturated heterocycles. The summed E-state index contributed by atoms with van der Waals surface area (Å²) in [6.07, 6.45) is -1.24. The third-order valence-corrected chi connectivity index (χ3v) is 7.84. The molecule has 3 aliphatic carbocycles. The molecule has 2 heterocycles. The number of fused-ring (bicyclic) bond motifs is 1. The van der Waals surface area contributed by atoms with Crippen LogP contribution in [0.1, 0.15) is 21.8 Å². The Labute approximate surface area is 205 Å². The topological polar surface area (TPSA) is 152 Å². The molecule has 188 valence electrons. The van der Waals surface area contributed by atoms with E-state index in [9.17, 15) is 30.0 Å². The van der Waals surface area contributed by atoms with Crippen molar-refractivity contribution in [3.63, 3.8) is 0 Å². The van der Waals surface area contributed by atoms with Crippen molar-refractivity contribution in [2.45, 2.75) is 23.9 Å². The number of phenolic OH excluding ortho intramolecular Hbond substituents is 2.